The summed E-state index contributed by atoms with van der Waals surface area (Å²) in [6.45, 7) is 13.1. The quantitative estimate of drug-likeness (QED) is 0.526. The number of aliphatic hydroxyl groups excluding tert-OH is 2. The summed E-state index contributed by atoms with van der Waals surface area (Å²) < 4.78 is 11.5. The molecule has 0 aliphatic heterocycles. The lowest BCUT2D eigenvalue weighted by atomic mass is 9.60. The molecule has 1 fully saturated rings. The Morgan fingerprint density at radius 3 is 2.37 bits per heavy atom. The van der Waals surface area contributed by atoms with E-state index in [4.69, 9.17) is 9.47 Å². The highest BCUT2D eigenvalue weighted by Gasteiger charge is 2.60. The van der Waals surface area contributed by atoms with Crippen LogP contribution in [0.4, 0.5) is 0 Å². The second kappa shape index (κ2) is 8.46. The molecule has 30 heavy (non-hydrogen) atoms. The Labute approximate surface area is 179 Å². The summed E-state index contributed by atoms with van der Waals surface area (Å²) in [5.74, 6) is -0.830. The van der Waals surface area contributed by atoms with Crippen molar-refractivity contribution in [3.63, 3.8) is 0 Å². The molecule has 3 rings (SSSR count). The first-order valence-corrected chi connectivity index (χ1v) is 11.1. The molecule has 0 saturated heterocycles. The maximum absolute atomic E-state index is 12.0. The minimum absolute atomic E-state index is 0.0383. The minimum Gasteiger partial charge on any atom is -0.458 e. The fraction of sp³-hybridized carbons (Fsp3) is 0.750. The van der Waals surface area contributed by atoms with Crippen molar-refractivity contribution in [2.24, 2.45) is 23.2 Å². The zero-order valence-corrected chi connectivity index (χ0v) is 18.8. The third kappa shape index (κ3) is 3.96. The molecular formula is C24H36O6. The summed E-state index contributed by atoms with van der Waals surface area (Å²) in [4.78, 5) is 24.0. The summed E-state index contributed by atoms with van der Waals surface area (Å²) in [5.41, 5.74) is 2.30. The van der Waals surface area contributed by atoms with Crippen molar-refractivity contribution in [3.05, 3.63) is 23.3 Å². The monoisotopic (exact) mass is 420 g/mol. The smallest absolute Gasteiger partial charge is 0.303 e. The van der Waals surface area contributed by atoms with Gasteiger partial charge in [0.2, 0.25) is 0 Å². The first-order chi connectivity index (χ1) is 14.0. The molecule has 3 aliphatic rings. The van der Waals surface area contributed by atoms with Gasteiger partial charge in [0.25, 0.3) is 0 Å². The molecule has 3 aliphatic carbocycles. The lowest BCUT2D eigenvalue weighted by Gasteiger charge is -2.49. The van der Waals surface area contributed by atoms with Crippen LogP contribution >= 0.6 is 0 Å². The molecular weight excluding hydrogens is 384 g/mol. The van der Waals surface area contributed by atoms with E-state index >= 15 is 0 Å². The van der Waals surface area contributed by atoms with E-state index < -0.39 is 41.8 Å². The number of allylic oxidation sites excluding steroid dienone is 2. The van der Waals surface area contributed by atoms with Crippen LogP contribution in [0.2, 0.25) is 0 Å². The number of aliphatic hydroxyl groups is 2. The lowest BCUT2D eigenvalue weighted by molar-refractivity contribution is -0.179. The Balaban J connectivity index is 2.20. The van der Waals surface area contributed by atoms with Crippen LogP contribution in [-0.2, 0) is 19.1 Å². The maximum Gasteiger partial charge on any atom is 0.303 e. The maximum atomic E-state index is 12.0. The van der Waals surface area contributed by atoms with Gasteiger partial charge in [-0.3, -0.25) is 9.59 Å². The molecule has 0 radical (unpaired) electrons. The van der Waals surface area contributed by atoms with E-state index in [0.717, 1.165) is 30.4 Å². The van der Waals surface area contributed by atoms with Crippen molar-refractivity contribution >= 4 is 11.9 Å². The van der Waals surface area contributed by atoms with Crippen LogP contribution < -0.4 is 0 Å². The van der Waals surface area contributed by atoms with Crippen molar-refractivity contribution in [1.82, 2.24) is 0 Å². The van der Waals surface area contributed by atoms with Gasteiger partial charge < -0.3 is 19.7 Å². The first-order valence-electron chi connectivity index (χ1n) is 11.1. The van der Waals surface area contributed by atoms with Crippen molar-refractivity contribution in [2.75, 3.05) is 0 Å². The van der Waals surface area contributed by atoms with Gasteiger partial charge in [0, 0.05) is 24.8 Å². The molecule has 6 nitrogen and oxygen atoms in total. The van der Waals surface area contributed by atoms with Gasteiger partial charge in [-0.1, -0.05) is 31.6 Å². The van der Waals surface area contributed by atoms with Crippen molar-refractivity contribution in [3.8, 4) is 0 Å². The van der Waals surface area contributed by atoms with E-state index in [1.54, 1.807) is 0 Å². The average Bonchev–Trinajstić information content (AvgIpc) is 3.00. The molecule has 0 unspecified atom stereocenters. The van der Waals surface area contributed by atoms with E-state index in [1.165, 1.54) is 13.8 Å². The molecule has 6 heteroatoms. The topological polar surface area (TPSA) is 93.1 Å². The zero-order valence-electron chi connectivity index (χ0n) is 18.8. The fourth-order valence-electron chi connectivity index (χ4n) is 6.29. The van der Waals surface area contributed by atoms with Crippen molar-refractivity contribution in [2.45, 2.75) is 91.1 Å². The molecule has 2 N–H and O–H groups in total. The molecule has 0 spiro atoms. The Kier molecular flexibility index (Phi) is 6.49. The summed E-state index contributed by atoms with van der Waals surface area (Å²) in [7, 11) is 0. The van der Waals surface area contributed by atoms with Crippen LogP contribution in [0, 0.1) is 23.2 Å². The van der Waals surface area contributed by atoms with Crippen LogP contribution in [0.25, 0.3) is 0 Å². The normalized spacial score (nSPS) is 41.8. The highest BCUT2D eigenvalue weighted by Crippen LogP contribution is 2.60. The Morgan fingerprint density at radius 2 is 1.77 bits per heavy atom. The van der Waals surface area contributed by atoms with E-state index in [0.29, 0.717) is 18.4 Å². The molecule has 0 aromatic rings. The highest BCUT2D eigenvalue weighted by molar-refractivity contribution is 5.68. The SMILES string of the molecule is C=C1CC[C@H](O)[C@H](C)C[C@H](O)C2=C(C)[C@@H]3[C@H]1CC[C@]3(C)[C@@H](OC(C)=O)[C@@H]2OC(C)=O. The standard InChI is InChI=1S/C24H36O6/c1-12-7-8-18(27)13(2)11-19(28)20-14(3)21-17(12)9-10-24(21,6)23(30-16(5)26)22(20)29-15(4)25/h13,17-19,21-23,27-28H,1,7-11H2,2-6H3/t13-,17+,18+,19+,21-,22-,23+,24+/m1/s1. The van der Waals surface area contributed by atoms with E-state index in [2.05, 4.69) is 13.5 Å². The van der Waals surface area contributed by atoms with Gasteiger partial charge in [0.15, 0.2) is 6.10 Å². The first kappa shape index (κ1) is 23.0. The lowest BCUT2D eigenvalue weighted by Crippen LogP contribution is -2.55. The number of hydrogen-bond acceptors (Lipinski definition) is 6. The second-order valence-corrected chi connectivity index (χ2v) is 9.82. The summed E-state index contributed by atoms with van der Waals surface area (Å²) in [5, 5.41) is 21.9. The zero-order chi connectivity index (χ0) is 22.4. The highest BCUT2D eigenvalue weighted by atomic mass is 16.6. The molecule has 1 saturated carbocycles. The largest absolute Gasteiger partial charge is 0.458 e. The van der Waals surface area contributed by atoms with E-state index in [1.807, 2.05) is 13.8 Å². The van der Waals surface area contributed by atoms with Gasteiger partial charge in [0.1, 0.15) is 6.10 Å². The summed E-state index contributed by atoms with van der Waals surface area (Å²) in [6, 6.07) is 0. The van der Waals surface area contributed by atoms with Gasteiger partial charge in [-0.15, -0.1) is 0 Å². The number of carbonyl (C=O) groups excluding carboxylic acids is 2. The third-order valence-electron chi connectivity index (χ3n) is 7.74. The van der Waals surface area contributed by atoms with Crippen LogP contribution in [0.1, 0.15) is 66.7 Å². The fourth-order valence-corrected chi connectivity index (χ4v) is 6.29. The van der Waals surface area contributed by atoms with Gasteiger partial charge in [-0.05, 0) is 56.8 Å². The second-order valence-electron chi connectivity index (χ2n) is 9.82. The average molecular weight is 421 g/mol. The summed E-state index contributed by atoms with van der Waals surface area (Å²) in [6.07, 6.45) is 0.436. The Hall–Kier alpha value is -1.66. The van der Waals surface area contributed by atoms with Gasteiger partial charge in [-0.2, -0.15) is 0 Å². The number of hydrogen-bond donors (Lipinski definition) is 2. The minimum atomic E-state index is -0.894. The molecule has 0 aromatic carbocycles. The van der Waals surface area contributed by atoms with E-state index in [9.17, 15) is 19.8 Å². The predicted molar refractivity (Wildman–Crippen MR) is 112 cm³/mol. The van der Waals surface area contributed by atoms with Crippen molar-refractivity contribution < 1.29 is 29.3 Å². The van der Waals surface area contributed by atoms with E-state index in [-0.39, 0.29) is 17.8 Å². The number of ether oxygens (including phenoxy) is 2. The van der Waals surface area contributed by atoms with Gasteiger partial charge in [-0.25, -0.2) is 0 Å². The van der Waals surface area contributed by atoms with Gasteiger partial charge >= 0.3 is 11.9 Å². The number of rotatable bonds is 2. The van der Waals surface area contributed by atoms with Crippen molar-refractivity contribution in [1.29, 1.82) is 0 Å². The summed E-state index contributed by atoms with van der Waals surface area (Å²) >= 11 is 0. The number of carbonyl (C=O) groups is 2. The van der Waals surface area contributed by atoms with Gasteiger partial charge in [0.05, 0.1) is 12.2 Å². The number of esters is 2. The van der Waals surface area contributed by atoms with Crippen LogP contribution in [0.15, 0.2) is 23.3 Å². The molecule has 0 aromatic heterocycles. The molecule has 0 heterocycles. The predicted octanol–water partition coefficient (Wildman–Crippen LogP) is 3.31. The molecule has 0 amide bonds. The Bertz CT molecular complexity index is 755. The third-order valence-corrected chi connectivity index (χ3v) is 7.74. The van der Waals surface area contributed by atoms with Crippen LogP contribution in [0.5, 0.6) is 0 Å². The van der Waals surface area contributed by atoms with Crippen LogP contribution in [0.3, 0.4) is 0 Å². The molecule has 2 bridgehead atoms. The molecule has 168 valence electrons. The van der Waals surface area contributed by atoms with Crippen LogP contribution in [-0.4, -0.2) is 46.6 Å². The Morgan fingerprint density at radius 1 is 1.13 bits per heavy atom. The molecule has 8 atom stereocenters.